The third kappa shape index (κ3) is 4.44. The third-order valence-corrected chi connectivity index (χ3v) is 3.23. The molecule has 0 radical (unpaired) electrons. The van der Waals surface area contributed by atoms with E-state index >= 15 is 0 Å². The Labute approximate surface area is 124 Å². The van der Waals surface area contributed by atoms with E-state index in [0.717, 1.165) is 6.42 Å². The molecule has 21 heavy (non-hydrogen) atoms. The molecule has 0 bridgehead atoms. The van der Waals surface area contributed by atoms with Crippen molar-refractivity contribution in [2.45, 2.75) is 45.3 Å². The van der Waals surface area contributed by atoms with Crippen LogP contribution in [0.3, 0.4) is 0 Å². The molecule has 6 heteroatoms. The minimum Gasteiger partial charge on any atom is -0.474 e. The summed E-state index contributed by atoms with van der Waals surface area (Å²) >= 11 is 0. The summed E-state index contributed by atoms with van der Waals surface area (Å²) in [5.74, 6) is 0.169. The standard InChI is InChI=1S/C15H21N3O3/c1-10(2)21-15-12(4-3-8-17-15)14(20)18-11-5-6-13(19)16-9-7-11/h3-4,8,10-11H,5-7,9H2,1-2H3,(H,16,19)(H,18,20). The van der Waals surface area contributed by atoms with Gasteiger partial charge in [-0.1, -0.05) is 0 Å². The van der Waals surface area contributed by atoms with E-state index < -0.39 is 0 Å². The molecule has 1 aliphatic rings. The smallest absolute Gasteiger partial charge is 0.256 e. The molecule has 1 atom stereocenters. The summed E-state index contributed by atoms with van der Waals surface area (Å²) in [6.07, 6.45) is 3.37. The normalized spacial score (nSPS) is 18.8. The molecule has 1 aromatic rings. The summed E-state index contributed by atoms with van der Waals surface area (Å²) in [7, 11) is 0. The maximum atomic E-state index is 12.4. The fraction of sp³-hybridized carbons (Fsp3) is 0.533. The lowest BCUT2D eigenvalue weighted by molar-refractivity contribution is -0.120. The minimum atomic E-state index is -0.210. The number of pyridine rings is 1. The zero-order valence-corrected chi connectivity index (χ0v) is 12.4. The van der Waals surface area contributed by atoms with E-state index in [0.29, 0.717) is 30.8 Å². The zero-order valence-electron chi connectivity index (χ0n) is 12.4. The predicted molar refractivity (Wildman–Crippen MR) is 78.1 cm³/mol. The fourth-order valence-electron chi connectivity index (χ4n) is 2.21. The number of aromatic nitrogens is 1. The van der Waals surface area contributed by atoms with Crippen LogP contribution in [0.15, 0.2) is 18.3 Å². The van der Waals surface area contributed by atoms with Gasteiger partial charge in [0.25, 0.3) is 5.91 Å². The number of rotatable bonds is 4. The van der Waals surface area contributed by atoms with E-state index in [1.165, 1.54) is 0 Å². The molecule has 1 fully saturated rings. The Kier molecular flexibility index (Phi) is 5.14. The second-order valence-electron chi connectivity index (χ2n) is 5.37. The maximum Gasteiger partial charge on any atom is 0.256 e. The molecular formula is C15H21N3O3. The van der Waals surface area contributed by atoms with Gasteiger partial charge in [-0.05, 0) is 38.8 Å². The molecule has 2 rings (SSSR count). The number of ether oxygens (including phenoxy) is 1. The molecule has 114 valence electrons. The molecule has 2 N–H and O–H groups in total. The average Bonchev–Trinajstić information content (AvgIpc) is 2.63. The minimum absolute atomic E-state index is 0.0106. The number of nitrogens with one attached hydrogen (secondary N) is 2. The van der Waals surface area contributed by atoms with Crippen LogP contribution in [0.25, 0.3) is 0 Å². The lowest BCUT2D eigenvalue weighted by Gasteiger charge is -2.17. The van der Waals surface area contributed by atoms with Gasteiger partial charge in [-0.25, -0.2) is 4.98 Å². The Morgan fingerprint density at radius 3 is 3.05 bits per heavy atom. The van der Waals surface area contributed by atoms with Crippen LogP contribution in [0.2, 0.25) is 0 Å². The van der Waals surface area contributed by atoms with Gasteiger partial charge >= 0.3 is 0 Å². The summed E-state index contributed by atoms with van der Waals surface area (Å²) in [6, 6.07) is 3.39. The summed E-state index contributed by atoms with van der Waals surface area (Å²) in [4.78, 5) is 27.8. The lowest BCUT2D eigenvalue weighted by Crippen LogP contribution is -2.35. The number of carbonyl (C=O) groups is 2. The monoisotopic (exact) mass is 291 g/mol. The first-order valence-electron chi connectivity index (χ1n) is 7.25. The highest BCUT2D eigenvalue weighted by Gasteiger charge is 2.21. The van der Waals surface area contributed by atoms with Crippen LogP contribution in [0.1, 0.15) is 43.5 Å². The largest absolute Gasteiger partial charge is 0.474 e. The molecule has 2 amide bonds. The molecule has 1 saturated heterocycles. The molecule has 0 aromatic carbocycles. The topological polar surface area (TPSA) is 80.3 Å². The number of nitrogens with zero attached hydrogens (tertiary/aromatic N) is 1. The van der Waals surface area contributed by atoms with Gasteiger partial charge in [0.05, 0.1) is 6.10 Å². The van der Waals surface area contributed by atoms with Gasteiger partial charge in [0.15, 0.2) is 0 Å². The Bertz CT molecular complexity index is 517. The second-order valence-corrected chi connectivity index (χ2v) is 5.37. The van der Waals surface area contributed by atoms with Crippen molar-refractivity contribution < 1.29 is 14.3 Å². The summed E-state index contributed by atoms with van der Waals surface area (Å²) < 4.78 is 5.56. The highest BCUT2D eigenvalue weighted by Crippen LogP contribution is 2.17. The lowest BCUT2D eigenvalue weighted by atomic mass is 10.1. The van der Waals surface area contributed by atoms with Crippen molar-refractivity contribution in [3.8, 4) is 5.88 Å². The number of hydrogen-bond donors (Lipinski definition) is 2. The van der Waals surface area contributed by atoms with Crippen molar-refractivity contribution in [1.29, 1.82) is 0 Å². The fourth-order valence-corrected chi connectivity index (χ4v) is 2.21. The van der Waals surface area contributed by atoms with E-state index in [4.69, 9.17) is 4.74 Å². The summed E-state index contributed by atoms with van der Waals surface area (Å²) in [5, 5.41) is 5.76. The molecular weight excluding hydrogens is 270 g/mol. The first-order valence-corrected chi connectivity index (χ1v) is 7.25. The van der Waals surface area contributed by atoms with Gasteiger partial charge in [0.2, 0.25) is 11.8 Å². The molecule has 1 aliphatic heterocycles. The molecule has 1 aromatic heterocycles. The van der Waals surface area contributed by atoms with E-state index in [9.17, 15) is 9.59 Å². The number of carbonyl (C=O) groups excluding carboxylic acids is 2. The van der Waals surface area contributed by atoms with Crippen LogP contribution in [-0.2, 0) is 4.79 Å². The Morgan fingerprint density at radius 1 is 1.48 bits per heavy atom. The SMILES string of the molecule is CC(C)Oc1ncccc1C(=O)NC1CCNC(=O)CC1. The molecule has 6 nitrogen and oxygen atoms in total. The van der Waals surface area contributed by atoms with Gasteiger partial charge in [-0.3, -0.25) is 9.59 Å². The Hall–Kier alpha value is -2.11. The number of hydrogen-bond acceptors (Lipinski definition) is 4. The van der Waals surface area contributed by atoms with E-state index in [1.54, 1.807) is 18.3 Å². The Morgan fingerprint density at radius 2 is 2.29 bits per heavy atom. The van der Waals surface area contributed by atoms with Crippen LogP contribution < -0.4 is 15.4 Å². The molecule has 2 heterocycles. The van der Waals surface area contributed by atoms with Crippen LogP contribution in [0, 0.1) is 0 Å². The molecule has 0 aliphatic carbocycles. The van der Waals surface area contributed by atoms with Crippen LogP contribution in [0.4, 0.5) is 0 Å². The summed E-state index contributed by atoms with van der Waals surface area (Å²) in [5.41, 5.74) is 0.426. The second kappa shape index (κ2) is 7.06. The van der Waals surface area contributed by atoms with Gasteiger partial charge in [0.1, 0.15) is 5.56 Å². The van der Waals surface area contributed by atoms with Crippen molar-refractivity contribution in [2.75, 3.05) is 6.54 Å². The molecule has 0 spiro atoms. The van der Waals surface area contributed by atoms with Gasteiger partial charge in [-0.15, -0.1) is 0 Å². The van der Waals surface area contributed by atoms with E-state index in [2.05, 4.69) is 15.6 Å². The van der Waals surface area contributed by atoms with Crippen LogP contribution >= 0.6 is 0 Å². The van der Waals surface area contributed by atoms with E-state index in [1.807, 2.05) is 13.8 Å². The van der Waals surface area contributed by atoms with Crippen molar-refractivity contribution >= 4 is 11.8 Å². The maximum absolute atomic E-state index is 12.4. The van der Waals surface area contributed by atoms with Crippen molar-refractivity contribution in [1.82, 2.24) is 15.6 Å². The first-order chi connectivity index (χ1) is 10.1. The van der Waals surface area contributed by atoms with Crippen LogP contribution in [-0.4, -0.2) is 35.5 Å². The van der Waals surface area contributed by atoms with Crippen molar-refractivity contribution in [2.24, 2.45) is 0 Å². The quantitative estimate of drug-likeness (QED) is 0.875. The van der Waals surface area contributed by atoms with Gasteiger partial charge in [0, 0.05) is 25.2 Å². The van der Waals surface area contributed by atoms with E-state index in [-0.39, 0.29) is 24.0 Å². The van der Waals surface area contributed by atoms with Crippen molar-refractivity contribution in [3.63, 3.8) is 0 Å². The van der Waals surface area contributed by atoms with Crippen molar-refractivity contribution in [3.05, 3.63) is 23.9 Å². The highest BCUT2D eigenvalue weighted by molar-refractivity contribution is 5.96. The first kappa shape index (κ1) is 15.3. The third-order valence-electron chi connectivity index (χ3n) is 3.23. The average molecular weight is 291 g/mol. The highest BCUT2D eigenvalue weighted by atomic mass is 16.5. The van der Waals surface area contributed by atoms with Gasteiger partial charge < -0.3 is 15.4 Å². The molecule has 1 unspecified atom stereocenters. The van der Waals surface area contributed by atoms with Crippen LogP contribution in [0.5, 0.6) is 5.88 Å². The zero-order chi connectivity index (χ0) is 15.2. The number of amides is 2. The molecule has 0 saturated carbocycles. The Balaban J connectivity index is 2.04. The van der Waals surface area contributed by atoms with Gasteiger partial charge in [-0.2, -0.15) is 0 Å². The predicted octanol–water partition coefficient (Wildman–Crippen LogP) is 1.27. The summed E-state index contributed by atoms with van der Waals surface area (Å²) in [6.45, 7) is 4.37.